The highest BCUT2D eigenvalue weighted by atomic mass is 19.1. The van der Waals surface area contributed by atoms with E-state index in [-0.39, 0.29) is 24.3 Å². The minimum atomic E-state index is -0.668. The Hall–Kier alpha value is -4.54. The van der Waals surface area contributed by atoms with Crippen LogP contribution in [0.15, 0.2) is 48.7 Å². The largest absolute Gasteiger partial charge is 0.454 e. The summed E-state index contributed by atoms with van der Waals surface area (Å²) in [6.45, 7) is 2.78. The maximum atomic E-state index is 14.8. The second-order valence-electron chi connectivity index (χ2n) is 7.48. The van der Waals surface area contributed by atoms with Crippen molar-refractivity contribution in [2.45, 2.75) is 13.5 Å². The number of pyridine rings is 1. The Morgan fingerprint density at radius 1 is 1.12 bits per heavy atom. The van der Waals surface area contributed by atoms with Crippen molar-refractivity contribution >= 4 is 29.3 Å². The van der Waals surface area contributed by atoms with Gasteiger partial charge in [-0.2, -0.15) is 0 Å². The van der Waals surface area contributed by atoms with Gasteiger partial charge in [0.05, 0.1) is 12.1 Å². The van der Waals surface area contributed by atoms with Crippen molar-refractivity contribution in [2.75, 3.05) is 29.3 Å². The molecule has 0 saturated heterocycles. The number of nitrogens with one attached hydrogen (secondary N) is 3. The van der Waals surface area contributed by atoms with Crippen LogP contribution in [0.1, 0.15) is 12.5 Å². The Balaban J connectivity index is 1.27. The molecule has 3 N–H and O–H groups in total. The lowest BCUT2D eigenvalue weighted by Gasteiger charge is -2.28. The molecule has 34 heavy (non-hydrogen) atoms. The van der Waals surface area contributed by atoms with E-state index in [1.807, 2.05) is 6.92 Å². The number of ether oxygens (including phenoxy) is 3. The third-order valence-electron chi connectivity index (χ3n) is 5.30. The topological polar surface area (TPSA) is 114 Å². The SMILES string of the molecule is CCN1Cc2c(Oc3ccc(NC(=O)Nc4ccc5c(c4)OCO5)cc3F)ccnc2NC1=O. The molecule has 4 amide bonds. The smallest absolute Gasteiger partial charge is 0.323 e. The molecule has 0 spiro atoms. The number of halogens is 1. The molecule has 1 aromatic heterocycles. The summed E-state index contributed by atoms with van der Waals surface area (Å²) in [5.41, 5.74) is 1.38. The van der Waals surface area contributed by atoms with Gasteiger partial charge in [-0.1, -0.05) is 0 Å². The predicted octanol–water partition coefficient (Wildman–Crippen LogP) is 4.75. The molecule has 3 heterocycles. The van der Waals surface area contributed by atoms with Crippen molar-refractivity contribution in [2.24, 2.45) is 0 Å². The van der Waals surface area contributed by atoms with E-state index in [0.29, 0.717) is 47.4 Å². The molecule has 10 nitrogen and oxygen atoms in total. The molecule has 0 radical (unpaired) electrons. The highest BCUT2D eigenvalue weighted by Gasteiger charge is 2.25. The molecule has 0 saturated carbocycles. The monoisotopic (exact) mass is 465 g/mol. The van der Waals surface area contributed by atoms with E-state index in [2.05, 4.69) is 20.9 Å². The van der Waals surface area contributed by atoms with Crippen LogP contribution in [0.25, 0.3) is 0 Å². The number of anilines is 3. The van der Waals surface area contributed by atoms with E-state index in [1.54, 1.807) is 29.2 Å². The first-order valence-corrected chi connectivity index (χ1v) is 10.5. The molecule has 3 aromatic rings. The van der Waals surface area contributed by atoms with Gasteiger partial charge in [0.15, 0.2) is 23.1 Å². The second-order valence-corrected chi connectivity index (χ2v) is 7.48. The molecular formula is C23H20FN5O5. The first-order chi connectivity index (χ1) is 16.5. The van der Waals surface area contributed by atoms with Gasteiger partial charge in [-0.15, -0.1) is 0 Å². The number of urea groups is 2. The number of carbonyl (C=O) groups is 2. The minimum Gasteiger partial charge on any atom is -0.454 e. The van der Waals surface area contributed by atoms with Gasteiger partial charge in [0.1, 0.15) is 11.6 Å². The average Bonchev–Trinajstić information content (AvgIpc) is 3.28. The number of hydrogen-bond donors (Lipinski definition) is 3. The number of hydrogen-bond acceptors (Lipinski definition) is 6. The zero-order chi connectivity index (χ0) is 23.7. The Morgan fingerprint density at radius 2 is 1.88 bits per heavy atom. The summed E-state index contributed by atoms with van der Waals surface area (Å²) in [6, 6.07) is 9.89. The van der Waals surface area contributed by atoms with Gasteiger partial charge in [-0.25, -0.2) is 19.0 Å². The normalized spacial score (nSPS) is 13.7. The van der Waals surface area contributed by atoms with Crippen LogP contribution < -0.4 is 30.2 Å². The minimum absolute atomic E-state index is 0.0323. The molecular weight excluding hydrogens is 445 g/mol. The molecule has 0 fully saturated rings. The molecule has 2 aromatic carbocycles. The van der Waals surface area contributed by atoms with Gasteiger partial charge in [0, 0.05) is 36.2 Å². The zero-order valence-electron chi connectivity index (χ0n) is 18.1. The summed E-state index contributed by atoms with van der Waals surface area (Å²) in [6.07, 6.45) is 1.48. The third kappa shape index (κ3) is 4.22. The summed E-state index contributed by atoms with van der Waals surface area (Å²) in [4.78, 5) is 30.1. The fourth-order valence-corrected chi connectivity index (χ4v) is 3.58. The van der Waals surface area contributed by atoms with Crippen LogP contribution in [-0.2, 0) is 6.54 Å². The number of rotatable bonds is 5. The summed E-state index contributed by atoms with van der Waals surface area (Å²) in [5, 5.41) is 7.93. The van der Waals surface area contributed by atoms with E-state index < -0.39 is 11.8 Å². The number of amides is 4. The van der Waals surface area contributed by atoms with E-state index in [4.69, 9.17) is 14.2 Å². The number of nitrogens with zero attached hydrogens (tertiary/aromatic N) is 2. The predicted molar refractivity (Wildman–Crippen MR) is 121 cm³/mol. The average molecular weight is 465 g/mol. The molecule has 0 bridgehead atoms. The standard InChI is InChI=1S/C23H20FN5O5/c1-2-29-11-15-17(7-8-25-21(15)28-23(29)31)34-18-5-3-13(9-16(18)24)26-22(30)27-14-4-6-19-20(10-14)33-12-32-19/h3-10H,2,11-12H2,1H3,(H,25,28,31)(H2,26,27,30). The number of fused-ring (bicyclic) bond motifs is 2. The van der Waals surface area contributed by atoms with E-state index in [1.165, 1.54) is 18.3 Å². The number of aromatic nitrogens is 1. The Kier molecular flexibility index (Phi) is 5.50. The molecule has 11 heteroatoms. The summed E-state index contributed by atoms with van der Waals surface area (Å²) >= 11 is 0. The van der Waals surface area contributed by atoms with Crippen LogP contribution in [-0.4, -0.2) is 35.3 Å². The van der Waals surface area contributed by atoms with Crippen LogP contribution in [0.5, 0.6) is 23.0 Å². The van der Waals surface area contributed by atoms with Crippen molar-refractivity contribution in [1.82, 2.24) is 9.88 Å². The first-order valence-electron chi connectivity index (χ1n) is 10.5. The zero-order valence-corrected chi connectivity index (χ0v) is 18.1. The van der Waals surface area contributed by atoms with Gasteiger partial charge in [0.25, 0.3) is 0 Å². The van der Waals surface area contributed by atoms with Gasteiger partial charge in [0.2, 0.25) is 6.79 Å². The van der Waals surface area contributed by atoms with Crippen molar-refractivity contribution in [3.8, 4) is 23.0 Å². The third-order valence-corrected chi connectivity index (χ3v) is 5.30. The number of carbonyl (C=O) groups excluding carboxylic acids is 2. The van der Waals surface area contributed by atoms with E-state index in [9.17, 15) is 14.0 Å². The van der Waals surface area contributed by atoms with Crippen LogP contribution >= 0.6 is 0 Å². The summed E-state index contributed by atoms with van der Waals surface area (Å²) in [5.74, 6) is 1.19. The van der Waals surface area contributed by atoms with E-state index >= 15 is 0 Å². The lowest BCUT2D eigenvalue weighted by atomic mass is 10.2. The maximum Gasteiger partial charge on any atom is 0.323 e. The Bertz CT molecular complexity index is 1280. The molecule has 2 aliphatic rings. The second kappa shape index (κ2) is 8.77. The van der Waals surface area contributed by atoms with Gasteiger partial charge in [-0.05, 0) is 37.3 Å². The van der Waals surface area contributed by atoms with Crippen LogP contribution in [0, 0.1) is 5.82 Å². The fourth-order valence-electron chi connectivity index (χ4n) is 3.58. The van der Waals surface area contributed by atoms with Crippen LogP contribution in [0.3, 0.4) is 0 Å². The van der Waals surface area contributed by atoms with Crippen LogP contribution in [0.2, 0.25) is 0 Å². The van der Waals surface area contributed by atoms with Gasteiger partial charge >= 0.3 is 12.1 Å². The molecule has 0 atom stereocenters. The Morgan fingerprint density at radius 3 is 2.68 bits per heavy atom. The molecule has 0 aliphatic carbocycles. The summed E-state index contributed by atoms with van der Waals surface area (Å²) in [7, 11) is 0. The molecule has 5 rings (SSSR count). The number of benzene rings is 2. The van der Waals surface area contributed by atoms with Gasteiger partial charge < -0.3 is 29.7 Å². The lowest BCUT2D eigenvalue weighted by molar-refractivity contribution is 0.174. The maximum absolute atomic E-state index is 14.8. The van der Waals surface area contributed by atoms with Crippen LogP contribution in [0.4, 0.5) is 31.2 Å². The van der Waals surface area contributed by atoms with Crippen molar-refractivity contribution in [3.63, 3.8) is 0 Å². The molecule has 174 valence electrons. The van der Waals surface area contributed by atoms with Gasteiger partial charge in [-0.3, -0.25) is 5.32 Å². The fraction of sp³-hybridized carbons (Fsp3) is 0.174. The van der Waals surface area contributed by atoms with E-state index in [0.717, 1.165) is 6.07 Å². The Labute approximate surface area is 193 Å². The lowest BCUT2D eigenvalue weighted by Crippen LogP contribution is -2.38. The van der Waals surface area contributed by atoms with Crippen molar-refractivity contribution in [3.05, 3.63) is 60.0 Å². The quantitative estimate of drug-likeness (QED) is 0.501. The molecule has 2 aliphatic heterocycles. The molecule has 0 unspecified atom stereocenters. The van der Waals surface area contributed by atoms with Crippen molar-refractivity contribution in [1.29, 1.82) is 0 Å². The summed E-state index contributed by atoms with van der Waals surface area (Å²) < 4.78 is 31.1. The highest BCUT2D eigenvalue weighted by molar-refractivity contribution is 6.00. The first kappa shape index (κ1) is 21.3. The highest BCUT2D eigenvalue weighted by Crippen LogP contribution is 2.35. The van der Waals surface area contributed by atoms with Crippen molar-refractivity contribution < 1.29 is 28.2 Å².